The largest absolute Gasteiger partial charge is 0.443 e. The first-order valence-electron chi connectivity index (χ1n) is 8.49. The number of nitrogens with zero attached hydrogens (tertiary/aromatic N) is 2. The summed E-state index contributed by atoms with van der Waals surface area (Å²) in [6.45, 7) is 3.93. The number of fused-ring (bicyclic) bond motifs is 1. The maximum absolute atomic E-state index is 12.2. The first kappa shape index (κ1) is 20.0. The smallest absolute Gasteiger partial charge is 0.405 e. The number of carbonyl (C=O) groups is 2. The van der Waals surface area contributed by atoms with Crippen molar-refractivity contribution in [3.63, 3.8) is 0 Å². The van der Waals surface area contributed by atoms with E-state index in [0.717, 1.165) is 20.8 Å². The molecule has 0 spiro atoms. The van der Waals surface area contributed by atoms with E-state index in [1.807, 2.05) is 18.2 Å². The van der Waals surface area contributed by atoms with Crippen LogP contribution >= 0.6 is 22.9 Å². The molecule has 0 unspecified atom stereocenters. The van der Waals surface area contributed by atoms with Gasteiger partial charge in [0.05, 0.1) is 15.2 Å². The normalized spacial score (nSPS) is 11.4. The van der Waals surface area contributed by atoms with Crippen LogP contribution in [0.5, 0.6) is 0 Å². The van der Waals surface area contributed by atoms with E-state index in [0.29, 0.717) is 13.0 Å². The molecule has 0 aliphatic rings. The highest BCUT2D eigenvalue weighted by atomic mass is 35.5. The van der Waals surface area contributed by atoms with Gasteiger partial charge in [0.1, 0.15) is 16.4 Å². The molecule has 3 aromatic rings. The minimum absolute atomic E-state index is 0.269. The van der Waals surface area contributed by atoms with Gasteiger partial charge in [0.25, 0.3) is 5.91 Å². The Bertz CT molecular complexity index is 1030. The predicted octanol–water partition coefficient (Wildman–Crippen LogP) is 3.69. The molecule has 2 amide bonds. The number of benzene rings is 1. The third kappa shape index (κ3) is 5.17. The number of aromatic nitrogens is 2. The summed E-state index contributed by atoms with van der Waals surface area (Å²) in [4.78, 5) is 31.8. The number of pyridine rings is 1. The Morgan fingerprint density at radius 2 is 2.04 bits per heavy atom. The van der Waals surface area contributed by atoms with Crippen LogP contribution in [-0.4, -0.2) is 27.6 Å². The molecule has 7 nitrogen and oxygen atoms in total. The third-order valence-corrected chi connectivity index (χ3v) is 5.08. The molecule has 3 N–H and O–H groups in total. The molecule has 0 saturated carbocycles. The SMILES string of the molecule is CC(C)(Cc1nc2ccc(CNC(=O)c3cccc(Cl)n3)cc2s1)OC(N)=O. The fourth-order valence-electron chi connectivity index (χ4n) is 2.68. The number of hydrogen-bond acceptors (Lipinski definition) is 6. The van der Waals surface area contributed by atoms with E-state index >= 15 is 0 Å². The number of thiazole rings is 1. The molecule has 2 heterocycles. The van der Waals surface area contributed by atoms with E-state index in [4.69, 9.17) is 22.1 Å². The Labute approximate surface area is 170 Å². The van der Waals surface area contributed by atoms with Gasteiger partial charge in [0.2, 0.25) is 0 Å². The quantitative estimate of drug-likeness (QED) is 0.593. The summed E-state index contributed by atoms with van der Waals surface area (Å²) in [7, 11) is 0. The number of hydrogen-bond donors (Lipinski definition) is 2. The van der Waals surface area contributed by atoms with Crippen LogP contribution in [0, 0.1) is 0 Å². The number of halogens is 1. The van der Waals surface area contributed by atoms with Crippen molar-refractivity contribution in [2.75, 3.05) is 0 Å². The Morgan fingerprint density at radius 3 is 2.75 bits per heavy atom. The fourth-order valence-corrected chi connectivity index (χ4v) is 4.09. The number of ether oxygens (including phenoxy) is 1. The highest BCUT2D eigenvalue weighted by Gasteiger charge is 2.24. The average Bonchev–Trinajstić information content (AvgIpc) is 2.98. The van der Waals surface area contributed by atoms with Crippen LogP contribution < -0.4 is 11.1 Å². The van der Waals surface area contributed by atoms with E-state index in [-0.39, 0.29) is 16.8 Å². The molecule has 3 rings (SSSR count). The van der Waals surface area contributed by atoms with E-state index < -0.39 is 11.7 Å². The van der Waals surface area contributed by atoms with Gasteiger partial charge in [-0.1, -0.05) is 23.7 Å². The third-order valence-electron chi connectivity index (χ3n) is 3.85. The number of carbonyl (C=O) groups excluding carboxylic acids is 2. The summed E-state index contributed by atoms with van der Waals surface area (Å²) in [6, 6.07) is 10.7. The second-order valence-electron chi connectivity index (χ2n) is 6.80. The van der Waals surface area contributed by atoms with E-state index in [1.54, 1.807) is 32.0 Å². The van der Waals surface area contributed by atoms with Crippen LogP contribution in [0.2, 0.25) is 5.15 Å². The summed E-state index contributed by atoms with van der Waals surface area (Å²) in [6.07, 6.45) is -0.347. The minimum Gasteiger partial charge on any atom is -0.443 e. The van der Waals surface area contributed by atoms with Crippen LogP contribution in [0.25, 0.3) is 10.2 Å². The molecule has 0 saturated heterocycles. The summed E-state index contributed by atoms with van der Waals surface area (Å²) in [5, 5.41) is 3.94. The van der Waals surface area contributed by atoms with E-state index in [1.165, 1.54) is 11.3 Å². The summed E-state index contributed by atoms with van der Waals surface area (Å²) in [5.74, 6) is -0.294. The van der Waals surface area contributed by atoms with Crippen molar-refractivity contribution in [1.82, 2.24) is 15.3 Å². The van der Waals surface area contributed by atoms with Gasteiger partial charge in [-0.2, -0.15) is 0 Å². The second kappa shape index (κ2) is 8.12. The fraction of sp³-hybridized carbons (Fsp3) is 0.263. The van der Waals surface area contributed by atoms with E-state index in [2.05, 4.69) is 15.3 Å². The highest BCUT2D eigenvalue weighted by Crippen LogP contribution is 2.27. The Hall–Kier alpha value is -2.71. The van der Waals surface area contributed by atoms with Gasteiger partial charge < -0.3 is 15.8 Å². The van der Waals surface area contributed by atoms with Gasteiger partial charge in [-0.15, -0.1) is 11.3 Å². The number of nitrogens with two attached hydrogens (primary N) is 1. The van der Waals surface area contributed by atoms with Crippen molar-refractivity contribution in [2.45, 2.75) is 32.4 Å². The molecular formula is C19H19ClN4O3S. The first-order valence-corrected chi connectivity index (χ1v) is 9.69. The molecule has 0 aliphatic heterocycles. The molecule has 0 fully saturated rings. The average molecular weight is 419 g/mol. The van der Waals surface area contributed by atoms with Gasteiger partial charge in [-0.05, 0) is 43.7 Å². The predicted molar refractivity (Wildman–Crippen MR) is 108 cm³/mol. The topological polar surface area (TPSA) is 107 Å². The van der Waals surface area contributed by atoms with Crippen LogP contribution in [0.1, 0.15) is 34.9 Å². The van der Waals surface area contributed by atoms with Gasteiger partial charge in [0.15, 0.2) is 0 Å². The lowest BCUT2D eigenvalue weighted by Crippen LogP contribution is -2.33. The lowest BCUT2D eigenvalue weighted by atomic mass is 10.1. The van der Waals surface area contributed by atoms with Crippen molar-refractivity contribution >= 4 is 45.2 Å². The Morgan fingerprint density at radius 1 is 1.25 bits per heavy atom. The first-order chi connectivity index (χ1) is 13.2. The van der Waals surface area contributed by atoms with Gasteiger partial charge in [-0.3, -0.25) is 4.79 Å². The number of amides is 2. The van der Waals surface area contributed by atoms with Crippen molar-refractivity contribution in [3.05, 3.63) is 57.8 Å². The van der Waals surface area contributed by atoms with Crippen molar-refractivity contribution in [3.8, 4) is 0 Å². The van der Waals surface area contributed by atoms with Crippen LogP contribution in [0.15, 0.2) is 36.4 Å². The summed E-state index contributed by atoms with van der Waals surface area (Å²) < 4.78 is 6.10. The zero-order valence-corrected chi connectivity index (χ0v) is 16.9. The number of nitrogens with one attached hydrogen (secondary N) is 1. The molecule has 0 atom stereocenters. The standard InChI is InChI=1S/C19H19ClN4O3S/c1-19(2,27-18(21)26)9-16-24-12-7-6-11(8-14(12)28-16)10-22-17(25)13-4-3-5-15(20)23-13/h3-8H,9-10H2,1-2H3,(H2,21,26)(H,22,25). The maximum Gasteiger partial charge on any atom is 0.405 e. The summed E-state index contributed by atoms with van der Waals surface area (Å²) >= 11 is 7.33. The van der Waals surface area contributed by atoms with Gasteiger partial charge in [0, 0.05) is 13.0 Å². The van der Waals surface area contributed by atoms with Gasteiger partial charge >= 0.3 is 6.09 Å². The molecule has 2 aromatic heterocycles. The molecule has 146 valence electrons. The summed E-state index contributed by atoms with van der Waals surface area (Å²) in [5.41, 5.74) is 6.43. The molecular weight excluding hydrogens is 400 g/mol. The Kier molecular flexibility index (Phi) is 5.81. The van der Waals surface area contributed by atoms with Gasteiger partial charge in [-0.25, -0.2) is 14.8 Å². The molecule has 0 aliphatic carbocycles. The zero-order valence-electron chi connectivity index (χ0n) is 15.4. The van der Waals surface area contributed by atoms with Crippen molar-refractivity contribution in [2.24, 2.45) is 5.73 Å². The maximum atomic E-state index is 12.2. The molecule has 0 radical (unpaired) electrons. The lowest BCUT2D eigenvalue weighted by Gasteiger charge is -2.22. The zero-order chi connectivity index (χ0) is 20.3. The van der Waals surface area contributed by atoms with Crippen LogP contribution in [0.3, 0.4) is 0 Å². The second-order valence-corrected chi connectivity index (χ2v) is 8.30. The Balaban J connectivity index is 1.69. The highest BCUT2D eigenvalue weighted by molar-refractivity contribution is 7.18. The van der Waals surface area contributed by atoms with Crippen LogP contribution in [0.4, 0.5) is 4.79 Å². The van der Waals surface area contributed by atoms with Crippen LogP contribution in [-0.2, 0) is 17.7 Å². The molecule has 28 heavy (non-hydrogen) atoms. The van der Waals surface area contributed by atoms with Crippen molar-refractivity contribution in [1.29, 1.82) is 0 Å². The monoisotopic (exact) mass is 418 g/mol. The van der Waals surface area contributed by atoms with Crippen molar-refractivity contribution < 1.29 is 14.3 Å². The number of rotatable bonds is 6. The van der Waals surface area contributed by atoms with E-state index in [9.17, 15) is 9.59 Å². The molecule has 0 bridgehead atoms. The minimum atomic E-state index is -0.807. The lowest BCUT2D eigenvalue weighted by molar-refractivity contribution is 0.0460. The number of primary amides is 1. The molecule has 9 heteroatoms. The molecule has 1 aromatic carbocycles.